The van der Waals surface area contributed by atoms with Crippen LogP contribution in [-0.2, 0) is 41.5 Å². The summed E-state index contributed by atoms with van der Waals surface area (Å²) in [6, 6.07) is 28.0. The van der Waals surface area contributed by atoms with Gasteiger partial charge in [0.25, 0.3) is 0 Å². The van der Waals surface area contributed by atoms with E-state index in [-0.39, 0.29) is 23.7 Å². The van der Waals surface area contributed by atoms with Gasteiger partial charge >= 0.3 is 148 Å². The number of aliphatic hydroxyl groups is 2. The molecule has 0 aliphatic carbocycles. The number of hydrogen-bond donors (Lipinski definition) is 2. The Kier molecular flexibility index (Phi) is 20.2. The van der Waals surface area contributed by atoms with Crippen LogP contribution in [0.1, 0.15) is 85.4 Å². The van der Waals surface area contributed by atoms with Crippen LogP contribution in [-0.4, -0.2) is 86.3 Å². The van der Waals surface area contributed by atoms with Crippen molar-refractivity contribution in [1.82, 2.24) is 0 Å². The molecule has 2 atom stereocenters. The average Bonchev–Trinajstić information content (AvgIpc) is 3.18. The van der Waals surface area contributed by atoms with Gasteiger partial charge in [0.1, 0.15) is 29.3 Å². The van der Waals surface area contributed by atoms with Gasteiger partial charge in [-0.3, -0.25) is 0 Å². The zero-order chi connectivity index (χ0) is 47.8. The third-order valence-corrected chi connectivity index (χ3v) is 23.9. The Labute approximate surface area is 396 Å². The van der Waals surface area contributed by atoms with Crippen LogP contribution in [0.15, 0.2) is 112 Å². The first-order chi connectivity index (χ1) is 30.8. The van der Waals surface area contributed by atoms with Gasteiger partial charge in [-0.05, 0) is 74.6 Å². The van der Waals surface area contributed by atoms with Crippen molar-refractivity contribution in [2.24, 2.45) is 0 Å². The van der Waals surface area contributed by atoms with Crippen molar-refractivity contribution >= 4 is 84.6 Å². The number of hydrogen-bond acceptors (Lipinski definition) is 14. The SMILES string of the molecule is CC(=O)[O][Pb]([O]C(C)=O)([O]C(C)=O)[c]1c(C)cc(C)cc1C.Cc1cc(C)c(C2=C(O)CC(CCSc3ccccc3)OC2=O)c(C)c1.O=C1C=C(O)CC(CCSc2ccccc2)O1. The summed E-state index contributed by atoms with van der Waals surface area (Å²) in [5, 5.41) is 19.9. The maximum absolute atomic E-state index is 12.6. The van der Waals surface area contributed by atoms with Crippen molar-refractivity contribution in [1.29, 1.82) is 0 Å². The molecule has 65 heavy (non-hydrogen) atoms. The fourth-order valence-electron chi connectivity index (χ4n) is 7.59. The minimum absolute atomic E-state index is 0.121. The van der Waals surface area contributed by atoms with Crippen molar-refractivity contribution in [2.45, 2.75) is 110 Å². The Bertz CT molecular complexity index is 2310. The Hall–Kier alpha value is -5.07. The van der Waals surface area contributed by atoms with Crippen molar-refractivity contribution in [2.75, 3.05) is 11.5 Å². The fraction of sp³-hybridized carbons (Fsp3) is 0.340. The molecule has 0 bridgehead atoms. The van der Waals surface area contributed by atoms with Gasteiger partial charge in [0.15, 0.2) is 0 Å². The standard InChI is InChI=1S/C22H24O3S.C13H14O3S.C9H11.3C2H4O2.Pb/c1-14-11-15(2)20(16(3)12-14)21-19(23)13-17(25-22(21)24)9-10-26-18-7-5-4-6-8-18;14-10-8-11(16-13(15)9-10)6-7-17-12-4-2-1-3-5-12;1-7-4-8(2)6-9(3)5-7;3*1-2(3)4;/h4-8,11-12,17,23H,9-10,13H2,1-3H3;1-5,9,11,14H,6-8H2;4-5H,1-3H3;3*1H3,(H,3,4);/q;;;;;;+3/p-3. The topological polar surface area (TPSA) is 172 Å². The minimum Gasteiger partial charge on any atom is -0.512 e. The largest absolute Gasteiger partial charge is 0.512 e. The van der Waals surface area contributed by atoms with Crippen molar-refractivity contribution in [3.05, 3.63) is 141 Å². The van der Waals surface area contributed by atoms with Crippen LogP contribution in [0.5, 0.6) is 0 Å². The normalized spacial score (nSPS) is 15.7. The molecular formula is C50H58O12PbS2. The number of ether oxygens (including phenoxy) is 2. The summed E-state index contributed by atoms with van der Waals surface area (Å²) in [5.74, 6) is -0.831. The molecule has 0 fully saturated rings. The van der Waals surface area contributed by atoms with Crippen LogP contribution < -0.4 is 3.12 Å². The van der Waals surface area contributed by atoms with Gasteiger partial charge in [0.05, 0.1) is 6.08 Å². The number of benzene rings is 4. The number of esters is 2. The second-order valence-corrected chi connectivity index (χ2v) is 26.7. The summed E-state index contributed by atoms with van der Waals surface area (Å²) in [6.45, 7) is 15.1. The first kappa shape index (κ1) is 52.6. The molecule has 0 aromatic heterocycles. The molecular weight excluding hydrogens is 1060 g/mol. The maximum atomic E-state index is 12.6. The van der Waals surface area contributed by atoms with Crippen LogP contribution in [0.2, 0.25) is 0 Å². The second kappa shape index (κ2) is 25.0. The van der Waals surface area contributed by atoms with Crippen LogP contribution in [0.4, 0.5) is 0 Å². The van der Waals surface area contributed by atoms with Gasteiger partial charge < -0.3 is 19.7 Å². The molecule has 0 radical (unpaired) electrons. The number of aliphatic hydroxyl groups excluding tert-OH is 2. The number of carbonyl (C=O) groups excluding carboxylic acids is 5. The zero-order valence-electron chi connectivity index (χ0n) is 38.4. The third kappa shape index (κ3) is 16.4. The summed E-state index contributed by atoms with van der Waals surface area (Å²) in [4.78, 5) is 60.6. The molecule has 0 spiro atoms. The summed E-state index contributed by atoms with van der Waals surface area (Å²) in [6.07, 6.45) is 2.96. The number of thioether (sulfide) groups is 2. The van der Waals surface area contributed by atoms with Crippen LogP contribution >= 0.6 is 23.5 Å². The van der Waals surface area contributed by atoms with Crippen LogP contribution in [0.25, 0.3) is 5.57 Å². The zero-order valence-corrected chi connectivity index (χ0v) is 43.9. The molecule has 0 saturated carbocycles. The van der Waals surface area contributed by atoms with E-state index in [1.54, 1.807) is 37.4 Å². The predicted molar refractivity (Wildman–Crippen MR) is 255 cm³/mol. The molecule has 12 nitrogen and oxygen atoms in total. The molecule has 346 valence electrons. The van der Waals surface area contributed by atoms with Gasteiger partial charge in [-0.2, -0.15) is 0 Å². The van der Waals surface area contributed by atoms with Gasteiger partial charge in [0, 0.05) is 34.1 Å². The van der Waals surface area contributed by atoms with E-state index in [9.17, 15) is 34.2 Å². The molecule has 4 aromatic rings. The van der Waals surface area contributed by atoms with E-state index in [2.05, 4.69) is 24.3 Å². The first-order valence-corrected chi connectivity index (χ1v) is 29.8. The quantitative estimate of drug-likeness (QED) is 0.0736. The van der Waals surface area contributed by atoms with Crippen molar-refractivity contribution in [3.8, 4) is 0 Å². The smallest absolute Gasteiger partial charge is 0.342 e. The molecule has 4 aromatic carbocycles. The Morgan fingerprint density at radius 3 is 1.45 bits per heavy atom. The molecule has 0 amide bonds. The number of cyclic esters (lactones) is 2. The maximum Gasteiger partial charge on any atom is 0.342 e. The van der Waals surface area contributed by atoms with Gasteiger partial charge in [-0.25, -0.2) is 9.59 Å². The van der Waals surface area contributed by atoms with E-state index in [4.69, 9.17) is 17.5 Å². The molecule has 2 N–H and O–H groups in total. The summed E-state index contributed by atoms with van der Waals surface area (Å²) < 4.78 is 27.3. The average molecular weight is 1120 g/mol. The van der Waals surface area contributed by atoms with Crippen LogP contribution in [0.3, 0.4) is 0 Å². The summed E-state index contributed by atoms with van der Waals surface area (Å²) in [5.41, 5.74) is 6.78. The van der Waals surface area contributed by atoms with Gasteiger partial charge in [0.2, 0.25) is 0 Å². The van der Waals surface area contributed by atoms with E-state index in [1.807, 2.05) is 88.4 Å². The fourth-order valence-corrected chi connectivity index (χ4v) is 19.9. The number of carbonyl (C=O) groups is 5. The molecule has 2 aliphatic rings. The molecule has 6 rings (SSSR count). The second-order valence-electron chi connectivity index (χ2n) is 15.7. The molecule has 2 unspecified atom stereocenters. The van der Waals surface area contributed by atoms with Gasteiger partial charge in [-0.1, -0.05) is 54.1 Å². The predicted octanol–water partition coefficient (Wildman–Crippen LogP) is 9.75. The molecule has 2 heterocycles. The number of aryl methyl sites for hydroxylation is 6. The Balaban J connectivity index is 0.000000218. The summed E-state index contributed by atoms with van der Waals surface area (Å²) >= 11 is -1.65. The molecule has 15 heteroatoms. The van der Waals surface area contributed by atoms with E-state index in [0.29, 0.717) is 28.0 Å². The van der Waals surface area contributed by atoms with E-state index >= 15 is 0 Å². The molecule has 0 saturated heterocycles. The summed E-state index contributed by atoms with van der Waals surface area (Å²) in [7, 11) is 0. The Morgan fingerprint density at radius 2 is 1.05 bits per heavy atom. The van der Waals surface area contributed by atoms with Crippen molar-refractivity contribution in [3.63, 3.8) is 0 Å². The first-order valence-electron chi connectivity index (χ1n) is 21.1. The molecule has 2 aliphatic heterocycles. The van der Waals surface area contributed by atoms with E-state index in [0.717, 1.165) is 62.9 Å². The van der Waals surface area contributed by atoms with Crippen molar-refractivity contribution < 1.29 is 51.7 Å². The Morgan fingerprint density at radius 1 is 0.631 bits per heavy atom. The third-order valence-electron chi connectivity index (χ3n) is 9.84. The minimum atomic E-state index is -5.10. The van der Waals surface area contributed by atoms with Crippen LogP contribution in [0, 0.1) is 41.5 Å². The monoisotopic (exact) mass is 1120 g/mol. The van der Waals surface area contributed by atoms with Gasteiger partial charge in [-0.15, -0.1) is 23.5 Å². The van der Waals surface area contributed by atoms with E-state index in [1.165, 1.54) is 30.6 Å². The van der Waals surface area contributed by atoms with E-state index < -0.39 is 52.4 Å². The number of rotatable bonds is 13.